The second-order valence-corrected chi connectivity index (χ2v) is 3.01. The first-order valence-electron chi connectivity index (χ1n) is 4.38. The molecule has 16 heavy (non-hydrogen) atoms. The van der Waals surface area contributed by atoms with E-state index in [9.17, 15) is 14.4 Å². The Bertz CT molecular complexity index is 453. The van der Waals surface area contributed by atoms with Gasteiger partial charge in [0, 0.05) is 17.8 Å². The molecular weight excluding hydrogens is 216 g/mol. The van der Waals surface area contributed by atoms with Crippen molar-refractivity contribution < 1.29 is 19.8 Å². The Morgan fingerprint density at radius 2 is 2.19 bits per heavy atom. The zero-order valence-electron chi connectivity index (χ0n) is 8.14. The molecule has 0 saturated carbocycles. The van der Waals surface area contributed by atoms with Crippen LogP contribution in [0.1, 0.15) is 10.4 Å². The number of carbonyl (C=O) groups excluding carboxylic acids is 1. The van der Waals surface area contributed by atoms with Gasteiger partial charge in [-0.15, -0.1) is 0 Å². The highest BCUT2D eigenvalue weighted by atomic mass is 16.4. The van der Waals surface area contributed by atoms with Crippen molar-refractivity contribution in [3.63, 3.8) is 0 Å². The van der Waals surface area contributed by atoms with E-state index in [2.05, 4.69) is 10.3 Å². The summed E-state index contributed by atoms with van der Waals surface area (Å²) in [6.45, 7) is -0.416. The molecule has 1 atom stereocenters. The van der Waals surface area contributed by atoms with E-state index in [1.54, 1.807) is 0 Å². The van der Waals surface area contributed by atoms with Gasteiger partial charge >= 0.3 is 5.97 Å². The van der Waals surface area contributed by atoms with Gasteiger partial charge < -0.3 is 20.5 Å². The van der Waals surface area contributed by atoms with Gasteiger partial charge in [-0.25, -0.2) is 4.79 Å². The van der Waals surface area contributed by atoms with Crippen LogP contribution in [-0.4, -0.2) is 39.7 Å². The lowest BCUT2D eigenvalue weighted by atomic mass is 10.2. The van der Waals surface area contributed by atoms with E-state index in [-0.39, 0.29) is 5.56 Å². The number of aliphatic hydroxyl groups is 1. The second-order valence-electron chi connectivity index (χ2n) is 3.01. The smallest absolute Gasteiger partial charge is 0.334 e. The maximum Gasteiger partial charge on any atom is 0.334 e. The minimum atomic E-state index is -1.66. The SMILES string of the molecule is O=C(NC[C@H](O)C(=O)O)c1cc[nH]c(=O)c1. The molecule has 1 rings (SSSR count). The molecule has 1 aromatic rings. The number of rotatable bonds is 4. The number of carboxylic acids is 1. The van der Waals surface area contributed by atoms with Crippen molar-refractivity contribution in [1.29, 1.82) is 0 Å². The monoisotopic (exact) mass is 226 g/mol. The van der Waals surface area contributed by atoms with Crippen molar-refractivity contribution in [3.8, 4) is 0 Å². The number of pyridine rings is 1. The van der Waals surface area contributed by atoms with Crippen LogP contribution in [0.5, 0.6) is 0 Å². The zero-order chi connectivity index (χ0) is 12.1. The molecule has 0 bridgehead atoms. The van der Waals surface area contributed by atoms with Crippen LogP contribution in [-0.2, 0) is 4.79 Å². The van der Waals surface area contributed by atoms with Gasteiger partial charge in [0.1, 0.15) is 0 Å². The minimum Gasteiger partial charge on any atom is -0.479 e. The maximum absolute atomic E-state index is 11.4. The molecule has 7 heteroatoms. The predicted octanol–water partition coefficient (Wildman–Crippen LogP) is -1.45. The number of hydrogen-bond acceptors (Lipinski definition) is 4. The molecule has 4 N–H and O–H groups in total. The standard InChI is InChI=1S/C9H10N2O5/c12-6(9(15)16)4-11-8(14)5-1-2-10-7(13)3-5/h1-3,6,12H,4H2,(H,10,13)(H,11,14)(H,15,16)/t6-/m0/s1. The summed E-state index contributed by atoms with van der Waals surface area (Å²) >= 11 is 0. The third kappa shape index (κ3) is 3.21. The molecule has 0 aliphatic rings. The van der Waals surface area contributed by atoms with Gasteiger partial charge in [-0.3, -0.25) is 9.59 Å². The van der Waals surface area contributed by atoms with Gasteiger partial charge in [0.2, 0.25) is 5.56 Å². The maximum atomic E-state index is 11.4. The Hall–Kier alpha value is -2.15. The van der Waals surface area contributed by atoms with Crippen LogP contribution in [0.4, 0.5) is 0 Å². The molecule has 0 radical (unpaired) electrons. The van der Waals surface area contributed by atoms with Crippen molar-refractivity contribution in [1.82, 2.24) is 10.3 Å². The van der Waals surface area contributed by atoms with E-state index in [4.69, 9.17) is 10.2 Å². The number of aromatic nitrogens is 1. The lowest BCUT2D eigenvalue weighted by Crippen LogP contribution is -2.36. The molecular formula is C9H10N2O5. The summed E-state index contributed by atoms with van der Waals surface area (Å²) in [5, 5.41) is 19.4. The summed E-state index contributed by atoms with van der Waals surface area (Å²) in [6, 6.07) is 2.44. The highest BCUT2D eigenvalue weighted by Gasteiger charge is 2.14. The summed E-state index contributed by atoms with van der Waals surface area (Å²) < 4.78 is 0. The Kier molecular flexibility index (Phi) is 3.78. The van der Waals surface area contributed by atoms with Crippen LogP contribution in [0.3, 0.4) is 0 Å². The molecule has 0 spiro atoms. The first kappa shape index (κ1) is 11.9. The zero-order valence-corrected chi connectivity index (χ0v) is 8.14. The number of H-pyrrole nitrogens is 1. The fourth-order valence-corrected chi connectivity index (χ4v) is 0.965. The molecule has 7 nitrogen and oxygen atoms in total. The first-order valence-corrected chi connectivity index (χ1v) is 4.38. The number of aliphatic carboxylic acids is 1. The molecule has 1 amide bonds. The molecule has 0 unspecified atom stereocenters. The van der Waals surface area contributed by atoms with Gasteiger partial charge in [0.05, 0.1) is 6.54 Å². The first-order chi connectivity index (χ1) is 7.50. The van der Waals surface area contributed by atoms with E-state index in [0.717, 1.165) is 6.07 Å². The van der Waals surface area contributed by atoms with Gasteiger partial charge in [0.15, 0.2) is 6.10 Å². The molecule has 1 aromatic heterocycles. The number of nitrogens with one attached hydrogen (secondary N) is 2. The van der Waals surface area contributed by atoms with Gasteiger partial charge in [-0.2, -0.15) is 0 Å². The highest BCUT2D eigenvalue weighted by Crippen LogP contribution is 1.92. The van der Waals surface area contributed by atoms with Crippen molar-refractivity contribution in [2.24, 2.45) is 0 Å². The quantitative estimate of drug-likeness (QED) is 0.500. The van der Waals surface area contributed by atoms with E-state index < -0.39 is 30.1 Å². The van der Waals surface area contributed by atoms with Crippen LogP contribution in [0.2, 0.25) is 0 Å². The fraction of sp³-hybridized carbons (Fsp3) is 0.222. The molecule has 0 aliphatic heterocycles. The molecule has 0 aromatic carbocycles. The Labute approximate surface area is 89.7 Å². The summed E-state index contributed by atoms with van der Waals surface area (Å²) in [5.74, 6) is -2.04. The largest absolute Gasteiger partial charge is 0.479 e. The van der Waals surface area contributed by atoms with Crippen LogP contribution < -0.4 is 10.9 Å². The Morgan fingerprint density at radius 3 is 2.75 bits per heavy atom. The normalized spacial score (nSPS) is 11.8. The second kappa shape index (κ2) is 5.08. The number of aromatic amines is 1. The van der Waals surface area contributed by atoms with Crippen molar-refractivity contribution in [2.45, 2.75) is 6.10 Å². The van der Waals surface area contributed by atoms with Gasteiger partial charge in [-0.05, 0) is 6.07 Å². The van der Waals surface area contributed by atoms with Crippen LogP contribution in [0.25, 0.3) is 0 Å². The summed E-state index contributed by atoms with van der Waals surface area (Å²) in [4.78, 5) is 34.8. The lowest BCUT2D eigenvalue weighted by Gasteiger charge is -2.07. The number of hydrogen-bond donors (Lipinski definition) is 4. The molecule has 1 heterocycles. The molecule has 0 aliphatic carbocycles. The number of carboxylic acid groups (broad SMARTS) is 1. The minimum absolute atomic E-state index is 0.0985. The van der Waals surface area contributed by atoms with E-state index in [1.807, 2.05) is 0 Å². The molecule has 86 valence electrons. The molecule has 0 saturated heterocycles. The molecule has 0 fully saturated rings. The number of carbonyl (C=O) groups is 2. The fourth-order valence-electron chi connectivity index (χ4n) is 0.965. The Balaban J connectivity index is 2.60. The average molecular weight is 226 g/mol. The van der Waals surface area contributed by atoms with Crippen LogP contribution in [0, 0.1) is 0 Å². The van der Waals surface area contributed by atoms with E-state index in [1.165, 1.54) is 12.3 Å². The van der Waals surface area contributed by atoms with Gasteiger partial charge in [-0.1, -0.05) is 0 Å². The Morgan fingerprint density at radius 1 is 1.50 bits per heavy atom. The average Bonchev–Trinajstić information content (AvgIpc) is 2.25. The number of aliphatic hydroxyl groups excluding tert-OH is 1. The third-order valence-electron chi connectivity index (χ3n) is 1.78. The summed E-state index contributed by atoms with van der Waals surface area (Å²) in [7, 11) is 0. The number of amides is 1. The van der Waals surface area contributed by atoms with Gasteiger partial charge in [0.25, 0.3) is 5.91 Å². The third-order valence-corrected chi connectivity index (χ3v) is 1.78. The van der Waals surface area contributed by atoms with E-state index >= 15 is 0 Å². The van der Waals surface area contributed by atoms with Crippen LogP contribution in [0.15, 0.2) is 23.1 Å². The van der Waals surface area contributed by atoms with E-state index in [0.29, 0.717) is 0 Å². The van der Waals surface area contributed by atoms with Crippen molar-refractivity contribution in [3.05, 3.63) is 34.2 Å². The summed E-state index contributed by atoms with van der Waals surface area (Å²) in [5.41, 5.74) is -0.340. The van der Waals surface area contributed by atoms with Crippen molar-refractivity contribution in [2.75, 3.05) is 6.54 Å². The highest BCUT2D eigenvalue weighted by molar-refractivity contribution is 5.94. The predicted molar refractivity (Wildman–Crippen MR) is 53.0 cm³/mol. The van der Waals surface area contributed by atoms with Crippen LogP contribution >= 0.6 is 0 Å². The lowest BCUT2D eigenvalue weighted by molar-refractivity contribution is -0.146. The summed E-state index contributed by atoms with van der Waals surface area (Å²) in [6.07, 6.45) is -0.365. The topological polar surface area (TPSA) is 119 Å². The van der Waals surface area contributed by atoms with Crippen molar-refractivity contribution >= 4 is 11.9 Å².